The average molecular weight is 519 g/mol. The Kier molecular flexibility index (Phi) is 6.90. The van der Waals surface area contributed by atoms with Crippen molar-refractivity contribution in [2.75, 3.05) is 0 Å². The van der Waals surface area contributed by atoms with Gasteiger partial charge in [0.2, 0.25) is 0 Å². The van der Waals surface area contributed by atoms with Crippen molar-refractivity contribution < 1.29 is 39.5 Å². The van der Waals surface area contributed by atoms with Crippen LogP contribution in [0, 0.1) is 18.4 Å². The number of hydrogen-bond donors (Lipinski definition) is 1. The number of aryl methyl sites for hydroxylation is 1. The van der Waals surface area contributed by atoms with Crippen LogP contribution in [0.4, 0.5) is 39.5 Å². The van der Waals surface area contributed by atoms with Gasteiger partial charge in [-0.2, -0.15) is 44.8 Å². The molecule has 0 bridgehead atoms. The minimum Gasteiger partial charge on any atom is -0.316 e. The number of alkyl halides is 9. The first-order valence-corrected chi connectivity index (χ1v) is 9.13. The van der Waals surface area contributed by atoms with Gasteiger partial charge in [-0.25, -0.2) is 0 Å². The molecule has 2 rings (SSSR count). The lowest BCUT2D eigenvalue weighted by Crippen LogP contribution is -2.21. The molecule has 2 aromatic carbocycles. The zero-order valence-corrected chi connectivity index (χ0v) is 17.0. The highest BCUT2D eigenvalue weighted by Gasteiger charge is 2.38. The van der Waals surface area contributed by atoms with Crippen LogP contribution in [0.5, 0.6) is 0 Å². The van der Waals surface area contributed by atoms with E-state index >= 15 is 0 Å². The van der Waals surface area contributed by atoms with Crippen LogP contribution in [0.1, 0.15) is 39.4 Å². The smallest absolute Gasteiger partial charge is 0.316 e. The Balaban J connectivity index is 2.61. The van der Waals surface area contributed by atoms with Gasteiger partial charge in [0.1, 0.15) is 0 Å². The van der Waals surface area contributed by atoms with E-state index in [9.17, 15) is 39.5 Å². The molecule has 0 spiro atoms. The molecule has 0 aliphatic rings. The normalized spacial score (nSPS) is 13.6. The summed E-state index contributed by atoms with van der Waals surface area (Å²) in [4.78, 5) is 0. The molecule has 1 unspecified atom stereocenters. The number of rotatable bonds is 4. The highest BCUT2D eigenvalue weighted by atomic mass is 79.9. The fraction of sp³-hybridized carbons (Fsp3) is 0.316. The molecule has 1 atom stereocenters. The summed E-state index contributed by atoms with van der Waals surface area (Å²) in [5.41, 5.74) is -4.95. The molecule has 12 heteroatoms. The van der Waals surface area contributed by atoms with Crippen molar-refractivity contribution in [2.24, 2.45) is 0 Å². The van der Waals surface area contributed by atoms with Crippen molar-refractivity contribution >= 4 is 15.9 Å². The molecule has 0 saturated carbocycles. The van der Waals surface area contributed by atoms with Crippen LogP contribution in [0.3, 0.4) is 0 Å². The number of hydrogen-bond acceptors (Lipinski definition) is 2. The summed E-state index contributed by atoms with van der Waals surface area (Å²) in [5, 5.41) is 11.0. The molecule has 0 aromatic heterocycles. The predicted molar refractivity (Wildman–Crippen MR) is 95.5 cm³/mol. The lowest BCUT2D eigenvalue weighted by atomic mass is 9.93. The molecule has 2 nitrogen and oxygen atoms in total. The van der Waals surface area contributed by atoms with Crippen LogP contribution in [-0.4, -0.2) is 0 Å². The van der Waals surface area contributed by atoms with E-state index in [-0.39, 0.29) is 21.7 Å². The molecule has 0 aliphatic carbocycles. The van der Waals surface area contributed by atoms with E-state index in [2.05, 4.69) is 21.2 Å². The van der Waals surface area contributed by atoms with Crippen molar-refractivity contribution in [3.63, 3.8) is 0 Å². The Bertz CT molecular complexity index is 969. The van der Waals surface area contributed by atoms with Gasteiger partial charge in [-0.15, -0.1) is 0 Å². The standard InChI is InChI=1S/C19H12BrF9N2/c1-9-2-15(20)10(5-14(9)19(27,28)29)6-16(31-8-30)11-3-12(17(21,22)23)7-13(4-11)18(24,25)26/h2-5,7,16,31H,6H2,1H3. The van der Waals surface area contributed by atoms with Crippen molar-refractivity contribution in [1.29, 1.82) is 5.26 Å². The Hall–Kier alpha value is -2.42. The number of halogens is 10. The maximum Gasteiger partial charge on any atom is 0.416 e. The molecular formula is C19H12BrF9N2. The van der Waals surface area contributed by atoms with E-state index in [1.807, 2.05) is 0 Å². The van der Waals surface area contributed by atoms with Gasteiger partial charge >= 0.3 is 18.5 Å². The number of nitrogens with zero attached hydrogens (tertiary/aromatic N) is 1. The van der Waals surface area contributed by atoms with Crippen LogP contribution >= 0.6 is 15.9 Å². The van der Waals surface area contributed by atoms with Crippen LogP contribution in [0.2, 0.25) is 0 Å². The van der Waals surface area contributed by atoms with Gasteiger partial charge in [-0.05, 0) is 60.4 Å². The molecule has 0 aliphatic heterocycles. The SMILES string of the molecule is Cc1cc(Br)c(CC(NC#N)c2cc(C(F)(F)F)cc(C(F)(F)F)c2)cc1C(F)(F)F. The van der Waals surface area contributed by atoms with Crippen molar-refractivity contribution in [1.82, 2.24) is 5.32 Å². The quantitative estimate of drug-likeness (QED) is 0.264. The van der Waals surface area contributed by atoms with Gasteiger partial charge in [-0.1, -0.05) is 15.9 Å². The maximum atomic E-state index is 13.2. The van der Waals surface area contributed by atoms with E-state index in [0.717, 1.165) is 12.1 Å². The Morgan fingerprint density at radius 3 is 1.81 bits per heavy atom. The first kappa shape index (κ1) is 24.8. The zero-order chi connectivity index (χ0) is 23.8. The molecule has 0 fully saturated rings. The summed E-state index contributed by atoms with van der Waals surface area (Å²) in [5.74, 6) is 0. The molecule has 2 aromatic rings. The van der Waals surface area contributed by atoms with E-state index < -0.39 is 53.2 Å². The number of benzene rings is 2. The minimum absolute atomic E-state index is 0.0587. The van der Waals surface area contributed by atoms with Crippen LogP contribution < -0.4 is 5.32 Å². The number of nitriles is 1. The fourth-order valence-electron chi connectivity index (χ4n) is 2.91. The molecule has 1 N–H and O–H groups in total. The molecule has 0 heterocycles. The number of nitrogens with one attached hydrogen (secondary N) is 1. The minimum atomic E-state index is -5.11. The van der Waals surface area contributed by atoms with E-state index in [1.54, 1.807) is 0 Å². The van der Waals surface area contributed by atoms with E-state index in [1.165, 1.54) is 13.1 Å². The lowest BCUT2D eigenvalue weighted by Gasteiger charge is -2.21. The Morgan fingerprint density at radius 2 is 1.39 bits per heavy atom. The molecule has 0 amide bonds. The summed E-state index contributed by atoms with van der Waals surface area (Å²) in [7, 11) is 0. The summed E-state index contributed by atoms with van der Waals surface area (Å²) in [6, 6.07) is 1.21. The molecule has 0 radical (unpaired) electrons. The monoisotopic (exact) mass is 518 g/mol. The summed E-state index contributed by atoms with van der Waals surface area (Å²) < 4.78 is 118. The Labute approximate surface area is 178 Å². The summed E-state index contributed by atoms with van der Waals surface area (Å²) in [6.07, 6.45) is -14.0. The van der Waals surface area contributed by atoms with E-state index in [0.29, 0.717) is 12.1 Å². The van der Waals surface area contributed by atoms with E-state index in [4.69, 9.17) is 5.26 Å². The van der Waals surface area contributed by atoms with Crippen LogP contribution in [-0.2, 0) is 24.9 Å². The molecule has 168 valence electrons. The second-order valence-corrected chi connectivity index (χ2v) is 7.46. The lowest BCUT2D eigenvalue weighted by molar-refractivity contribution is -0.143. The third kappa shape index (κ3) is 6.06. The predicted octanol–water partition coefficient (Wildman–Crippen LogP) is 7.17. The van der Waals surface area contributed by atoms with Crippen molar-refractivity contribution in [2.45, 2.75) is 37.9 Å². The van der Waals surface area contributed by atoms with Gasteiger partial charge in [0, 0.05) is 4.47 Å². The largest absolute Gasteiger partial charge is 0.416 e. The van der Waals surface area contributed by atoms with Gasteiger partial charge in [0.25, 0.3) is 0 Å². The fourth-order valence-corrected chi connectivity index (χ4v) is 3.53. The highest BCUT2D eigenvalue weighted by molar-refractivity contribution is 9.10. The van der Waals surface area contributed by atoms with Gasteiger partial charge in [-0.3, -0.25) is 0 Å². The Morgan fingerprint density at radius 1 is 0.871 bits per heavy atom. The van der Waals surface area contributed by atoms with Crippen molar-refractivity contribution in [3.05, 3.63) is 68.2 Å². The average Bonchev–Trinajstić information content (AvgIpc) is 2.60. The van der Waals surface area contributed by atoms with Gasteiger partial charge < -0.3 is 5.32 Å². The molecule has 31 heavy (non-hydrogen) atoms. The van der Waals surface area contributed by atoms with Crippen molar-refractivity contribution in [3.8, 4) is 6.19 Å². The summed E-state index contributed by atoms with van der Waals surface area (Å²) in [6.45, 7) is 1.20. The van der Waals surface area contributed by atoms with Gasteiger partial charge in [0.05, 0.1) is 22.7 Å². The third-order valence-electron chi connectivity index (χ3n) is 4.37. The topological polar surface area (TPSA) is 35.8 Å². The molecule has 0 saturated heterocycles. The third-order valence-corrected chi connectivity index (χ3v) is 5.11. The second kappa shape index (κ2) is 8.61. The molecular weight excluding hydrogens is 507 g/mol. The maximum absolute atomic E-state index is 13.2. The highest BCUT2D eigenvalue weighted by Crippen LogP contribution is 2.39. The zero-order valence-electron chi connectivity index (χ0n) is 15.4. The van der Waals surface area contributed by atoms with Crippen LogP contribution in [0.25, 0.3) is 0 Å². The summed E-state index contributed by atoms with van der Waals surface area (Å²) >= 11 is 3.05. The van der Waals surface area contributed by atoms with Crippen LogP contribution in [0.15, 0.2) is 34.8 Å². The van der Waals surface area contributed by atoms with Gasteiger partial charge in [0.15, 0.2) is 6.19 Å². The second-order valence-electron chi connectivity index (χ2n) is 6.61. The first-order valence-electron chi connectivity index (χ1n) is 8.34. The first-order chi connectivity index (χ1) is 14.0.